The zero-order chi connectivity index (χ0) is 26.3. The van der Waals surface area contributed by atoms with E-state index in [9.17, 15) is 14.4 Å². The van der Waals surface area contributed by atoms with Gasteiger partial charge in [-0.05, 0) is 75.9 Å². The van der Waals surface area contributed by atoms with Crippen LogP contribution in [-0.2, 0) is 14.4 Å². The van der Waals surface area contributed by atoms with Crippen molar-refractivity contribution in [2.45, 2.75) is 87.5 Å². The van der Waals surface area contributed by atoms with Gasteiger partial charge in [-0.3, -0.25) is 9.59 Å². The van der Waals surface area contributed by atoms with Crippen molar-refractivity contribution in [3.63, 3.8) is 0 Å². The first-order valence-electron chi connectivity index (χ1n) is 12.9. The van der Waals surface area contributed by atoms with Gasteiger partial charge >= 0.3 is 5.97 Å². The number of hydrogen-bond acceptors (Lipinski definition) is 3. The van der Waals surface area contributed by atoms with E-state index in [0.717, 1.165) is 41.6 Å². The highest BCUT2D eigenvalue weighted by Gasteiger charge is 2.64. The monoisotopic (exact) mass is 478 g/mol. The van der Waals surface area contributed by atoms with E-state index in [0.29, 0.717) is 30.1 Å². The van der Waals surface area contributed by atoms with Crippen LogP contribution in [0.4, 0.5) is 0 Å². The fraction of sp³-hybridized carbons (Fsp3) is 0.581. The predicted molar refractivity (Wildman–Crippen MR) is 141 cm³/mol. The second-order valence-electron chi connectivity index (χ2n) is 12.2. The summed E-state index contributed by atoms with van der Waals surface area (Å²) in [6, 6.07) is 0. The van der Waals surface area contributed by atoms with Crippen LogP contribution in [0, 0.1) is 28.1 Å². The van der Waals surface area contributed by atoms with Gasteiger partial charge in [-0.25, -0.2) is 4.79 Å². The number of carboxylic acid groups (broad SMARTS) is 1. The molecule has 0 aromatic rings. The second-order valence-corrected chi connectivity index (χ2v) is 12.2. The Morgan fingerprint density at radius 2 is 1.60 bits per heavy atom. The van der Waals surface area contributed by atoms with Gasteiger partial charge in [-0.1, -0.05) is 63.1 Å². The minimum atomic E-state index is -0.916. The lowest BCUT2D eigenvalue weighted by Crippen LogP contribution is -2.56. The summed E-state index contributed by atoms with van der Waals surface area (Å²) in [4.78, 5) is 37.1. The molecule has 190 valence electrons. The fourth-order valence-electron chi connectivity index (χ4n) is 7.67. The van der Waals surface area contributed by atoms with Gasteiger partial charge in [0.1, 0.15) is 5.78 Å². The Morgan fingerprint density at radius 1 is 0.943 bits per heavy atom. The summed E-state index contributed by atoms with van der Waals surface area (Å²) >= 11 is 0. The van der Waals surface area contributed by atoms with Gasteiger partial charge in [0, 0.05) is 34.8 Å². The van der Waals surface area contributed by atoms with Gasteiger partial charge in [-0.2, -0.15) is 0 Å². The number of allylic oxidation sites excluding steroid dienone is 9. The summed E-state index contributed by atoms with van der Waals surface area (Å²) in [7, 11) is 0. The quantitative estimate of drug-likeness (QED) is 0.335. The third kappa shape index (κ3) is 4.81. The van der Waals surface area contributed by atoms with E-state index >= 15 is 0 Å². The molecule has 0 saturated heterocycles. The number of fused-ring (bicyclic) bond motifs is 3. The fourth-order valence-corrected chi connectivity index (χ4v) is 7.67. The Labute approximate surface area is 211 Å². The number of rotatable bonds is 5. The number of Topliss-reactive ketones (excluding diaryl/α,β-unsaturated/α-hetero) is 2. The van der Waals surface area contributed by atoms with Crippen molar-refractivity contribution in [2.24, 2.45) is 28.1 Å². The SMILES string of the molecule is CC(=CC=CC(C)=C1C(=O)CC2C1(C)CCC1C(C)(C)C(=O)CCC12C)C=C(C)C=C(C)C(=O)O. The number of carbonyl (C=O) groups is 3. The third-order valence-electron chi connectivity index (χ3n) is 9.37. The number of aliphatic carboxylic acids is 1. The first-order valence-corrected chi connectivity index (χ1v) is 12.9. The maximum Gasteiger partial charge on any atom is 0.331 e. The third-order valence-corrected chi connectivity index (χ3v) is 9.37. The van der Waals surface area contributed by atoms with Crippen LogP contribution in [0.2, 0.25) is 0 Å². The molecule has 3 fully saturated rings. The molecule has 0 heterocycles. The van der Waals surface area contributed by atoms with E-state index in [4.69, 9.17) is 5.11 Å². The highest BCUT2D eigenvalue weighted by atomic mass is 16.4. The zero-order valence-electron chi connectivity index (χ0n) is 22.7. The summed E-state index contributed by atoms with van der Waals surface area (Å²) in [5.74, 6) is 0.335. The molecule has 0 aromatic carbocycles. The Kier molecular flexibility index (Phi) is 7.37. The minimum absolute atomic E-state index is 0.00618. The van der Waals surface area contributed by atoms with Gasteiger partial charge in [0.15, 0.2) is 5.78 Å². The Balaban J connectivity index is 1.88. The normalized spacial score (nSPS) is 35.3. The average Bonchev–Trinajstić information content (AvgIpc) is 3.02. The molecule has 0 amide bonds. The second kappa shape index (κ2) is 9.52. The maximum atomic E-state index is 13.4. The average molecular weight is 479 g/mol. The number of carbonyl (C=O) groups excluding carboxylic acids is 2. The van der Waals surface area contributed by atoms with Crippen molar-refractivity contribution in [2.75, 3.05) is 0 Å². The highest BCUT2D eigenvalue weighted by molar-refractivity contribution is 6.01. The van der Waals surface area contributed by atoms with Gasteiger partial charge in [0.25, 0.3) is 0 Å². The van der Waals surface area contributed by atoms with E-state index in [-0.39, 0.29) is 27.9 Å². The lowest BCUT2D eigenvalue weighted by atomic mass is 9.43. The van der Waals surface area contributed by atoms with Gasteiger partial charge in [0.05, 0.1) is 0 Å². The van der Waals surface area contributed by atoms with Crippen LogP contribution in [0.1, 0.15) is 87.5 Å². The molecule has 0 aliphatic heterocycles. The summed E-state index contributed by atoms with van der Waals surface area (Å²) in [6.07, 6.45) is 13.6. The molecule has 0 bridgehead atoms. The van der Waals surface area contributed by atoms with Crippen LogP contribution >= 0.6 is 0 Å². The van der Waals surface area contributed by atoms with E-state index in [1.807, 2.05) is 45.1 Å². The largest absolute Gasteiger partial charge is 0.478 e. The van der Waals surface area contributed by atoms with E-state index in [1.54, 1.807) is 13.0 Å². The minimum Gasteiger partial charge on any atom is -0.478 e. The van der Waals surface area contributed by atoms with Gasteiger partial charge in [-0.15, -0.1) is 0 Å². The molecule has 3 saturated carbocycles. The van der Waals surface area contributed by atoms with Crippen molar-refractivity contribution < 1.29 is 19.5 Å². The summed E-state index contributed by atoms with van der Waals surface area (Å²) in [5.41, 5.74) is 3.74. The Morgan fingerprint density at radius 3 is 2.23 bits per heavy atom. The number of ketones is 2. The molecule has 4 nitrogen and oxygen atoms in total. The van der Waals surface area contributed by atoms with Crippen molar-refractivity contribution in [3.8, 4) is 0 Å². The van der Waals surface area contributed by atoms with E-state index < -0.39 is 5.97 Å². The molecule has 0 radical (unpaired) electrons. The molecule has 4 heteroatoms. The summed E-state index contributed by atoms with van der Waals surface area (Å²) in [5, 5.41) is 9.04. The summed E-state index contributed by atoms with van der Waals surface area (Å²) in [6.45, 7) is 16.4. The number of carboxylic acids is 1. The van der Waals surface area contributed by atoms with Crippen molar-refractivity contribution >= 4 is 17.5 Å². The molecule has 35 heavy (non-hydrogen) atoms. The molecule has 0 aromatic heterocycles. The van der Waals surface area contributed by atoms with Crippen LogP contribution in [0.5, 0.6) is 0 Å². The predicted octanol–water partition coefficient (Wildman–Crippen LogP) is 7.18. The molecule has 1 N–H and O–H groups in total. The Bertz CT molecular complexity index is 1090. The molecular weight excluding hydrogens is 436 g/mol. The maximum absolute atomic E-state index is 13.4. The van der Waals surface area contributed by atoms with Crippen LogP contribution in [0.25, 0.3) is 0 Å². The van der Waals surface area contributed by atoms with Crippen molar-refractivity contribution in [1.82, 2.24) is 0 Å². The lowest BCUT2D eigenvalue weighted by molar-refractivity contribution is -0.154. The standard InChI is InChI=1S/C31H42O4/c1-19(16-20(2)17-22(4)28(34)35)10-9-11-21(3)27-23(32)18-25-30(7)15-13-26(33)29(5,6)24(30)12-14-31(25,27)8/h9-11,16-17,24-25H,12-15,18H2,1-8H3,(H,34,35). The first-order chi connectivity index (χ1) is 16.1. The molecular formula is C31H42O4. The smallest absolute Gasteiger partial charge is 0.331 e. The molecule has 4 unspecified atom stereocenters. The number of hydrogen-bond donors (Lipinski definition) is 1. The molecule has 3 aliphatic carbocycles. The highest BCUT2D eigenvalue weighted by Crippen LogP contribution is 2.68. The van der Waals surface area contributed by atoms with Crippen LogP contribution in [0.3, 0.4) is 0 Å². The van der Waals surface area contributed by atoms with Gasteiger partial charge < -0.3 is 5.11 Å². The van der Waals surface area contributed by atoms with Crippen LogP contribution in [-0.4, -0.2) is 22.6 Å². The summed E-state index contributed by atoms with van der Waals surface area (Å²) < 4.78 is 0. The molecule has 0 spiro atoms. The van der Waals surface area contributed by atoms with Crippen molar-refractivity contribution in [1.29, 1.82) is 0 Å². The van der Waals surface area contributed by atoms with E-state index in [1.165, 1.54) is 0 Å². The first kappa shape index (κ1) is 27.1. The van der Waals surface area contributed by atoms with Crippen molar-refractivity contribution in [3.05, 3.63) is 58.2 Å². The molecule has 3 rings (SSSR count). The molecule has 3 aliphatic rings. The topological polar surface area (TPSA) is 71.4 Å². The van der Waals surface area contributed by atoms with E-state index in [2.05, 4.69) is 27.7 Å². The Hall–Kier alpha value is -2.49. The molecule has 4 atom stereocenters. The lowest BCUT2D eigenvalue weighted by Gasteiger charge is -2.60. The van der Waals surface area contributed by atoms with Crippen LogP contribution in [0.15, 0.2) is 58.2 Å². The van der Waals surface area contributed by atoms with Gasteiger partial charge in [0.2, 0.25) is 0 Å². The van der Waals surface area contributed by atoms with Crippen LogP contribution < -0.4 is 0 Å². The zero-order valence-corrected chi connectivity index (χ0v) is 22.7.